The average Bonchev–Trinajstić information content (AvgIpc) is 2.96. The van der Waals surface area contributed by atoms with Gasteiger partial charge in [-0.3, -0.25) is 0 Å². The number of nitrogens with zero attached hydrogens (tertiary/aromatic N) is 3. The summed E-state index contributed by atoms with van der Waals surface area (Å²) in [4.78, 5) is 6.38. The quantitative estimate of drug-likeness (QED) is 0.828. The van der Waals surface area contributed by atoms with Crippen molar-refractivity contribution in [1.82, 2.24) is 4.98 Å². The molecule has 2 unspecified atom stereocenters. The van der Waals surface area contributed by atoms with Gasteiger partial charge in [0.15, 0.2) is 6.61 Å². The second kappa shape index (κ2) is 7.14. The van der Waals surface area contributed by atoms with E-state index in [1.54, 1.807) is 12.1 Å². The van der Waals surface area contributed by atoms with Crippen LogP contribution in [-0.2, 0) is 6.61 Å². The predicted octanol–water partition coefficient (Wildman–Crippen LogP) is 4.26. The standard InChI is InChI=1S/C18H20ClN3O2/c1-12-7-13(2)10-22(9-12)18-15(8-20)21-17(24-18)11-23-16-6-4-3-5-14(16)19/h3-6,12-13H,7,9-11H2,1-2H3. The molecular weight excluding hydrogens is 326 g/mol. The number of nitriles is 1. The Morgan fingerprint density at radius 3 is 2.71 bits per heavy atom. The Morgan fingerprint density at radius 2 is 2.04 bits per heavy atom. The van der Waals surface area contributed by atoms with Gasteiger partial charge in [-0.15, -0.1) is 0 Å². The summed E-state index contributed by atoms with van der Waals surface area (Å²) in [6.45, 7) is 6.31. The number of rotatable bonds is 4. The van der Waals surface area contributed by atoms with Crippen LogP contribution in [0.1, 0.15) is 31.9 Å². The number of aromatic nitrogens is 1. The number of halogens is 1. The molecule has 6 heteroatoms. The maximum atomic E-state index is 9.36. The van der Waals surface area contributed by atoms with Crippen LogP contribution in [0.15, 0.2) is 28.7 Å². The molecule has 0 amide bonds. The van der Waals surface area contributed by atoms with Crippen LogP contribution < -0.4 is 9.64 Å². The normalized spacial score (nSPS) is 20.7. The molecule has 0 aliphatic carbocycles. The van der Waals surface area contributed by atoms with Gasteiger partial charge in [-0.2, -0.15) is 10.2 Å². The lowest BCUT2D eigenvalue weighted by Crippen LogP contribution is -2.38. The predicted molar refractivity (Wildman–Crippen MR) is 92.2 cm³/mol. The topological polar surface area (TPSA) is 62.3 Å². The Kier molecular flexibility index (Phi) is 4.96. The van der Waals surface area contributed by atoms with Crippen LogP contribution in [0.5, 0.6) is 5.75 Å². The summed E-state index contributed by atoms with van der Waals surface area (Å²) in [7, 11) is 0. The van der Waals surface area contributed by atoms with Crippen molar-refractivity contribution in [2.75, 3.05) is 18.0 Å². The third-order valence-electron chi connectivity index (χ3n) is 4.10. The van der Waals surface area contributed by atoms with Crippen LogP contribution in [0.3, 0.4) is 0 Å². The van der Waals surface area contributed by atoms with Crippen molar-refractivity contribution in [2.45, 2.75) is 26.9 Å². The van der Waals surface area contributed by atoms with Crippen molar-refractivity contribution in [3.05, 3.63) is 40.9 Å². The first kappa shape index (κ1) is 16.7. The molecule has 1 saturated heterocycles. The van der Waals surface area contributed by atoms with E-state index in [2.05, 4.69) is 29.8 Å². The first-order valence-corrected chi connectivity index (χ1v) is 8.46. The summed E-state index contributed by atoms with van der Waals surface area (Å²) < 4.78 is 11.5. The van der Waals surface area contributed by atoms with E-state index in [0.717, 1.165) is 13.1 Å². The van der Waals surface area contributed by atoms with Crippen molar-refractivity contribution in [1.29, 1.82) is 5.26 Å². The molecule has 0 saturated carbocycles. The van der Waals surface area contributed by atoms with Crippen molar-refractivity contribution in [3.63, 3.8) is 0 Å². The minimum absolute atomic E-state index is 0.136. The molecule has 24 heavy (non-hydrogen) atoms. The van der Waals surface area contributed by atoms with E-state index in [9.17, 15) is 5.26 Å². The molecule has 2 heterocycles. The van der Waals surface area contributed by atoms with Crippen LogP contribution in [-0.4, -0.2) is 18.1 Å². The van der Waals surface area contributed by atoms with Gasteiger partial charge in [0.05, 0.1) is 5.02 Å². The summed E-state index contributed by atoms with van der Waals surface area (Å²) in [5.41, 5.74) is 0.314. The van der Waals surface area contributed by atoms with E-state index in [4.69, 9.17) is 20.8 Å². The highest BCUT2D eigenvalue weighted by molar-refractivity contribution is 6.32. The first-order chi connectivity index (χ1) is 11.6. The van der Waals surface area contributed by atoms with Crippen molar-refractivity contribution in [2.24, 2.45) is 11.8 Å². The van der Waals surface area contributed by atoms with E-state index in [0.29, 0.717) is 40.1 Å². The van der Waals surface area contributed by atoms with Crippen molar-refractivity contribution < 1.29 is 9.15 Å². The van der Waals surface area contributed by atoms with E-state index in [-0.39, 0.29) is 6.61 Å². The summed E-state index contributed by atoms with van der Waals surface area (Å²) in [6, 6.07) is 9.35. The summed E-state index contributed by atoms with van der Waals surface area (Å²) >= 11 is 6.07. The largest absolute Gasteiger partial charge is 0.482 e. The molecule has 0 bridgehead atoms. The van der Waals surface area contributed by atoms with Gasteiger partial charge in [0, 0.05) is 13.1 Å². The maximum absolute atomic E-state index is 9.36. The Bertz CT molecular complexity index is 743. The molecule has 0 spiro atoms. The fourth-order valence-electron chi connectivity index (χ4n) is 3.23. The van der Waals surface area contributed by atoms with Gasteiger partial charge in [0.1, 0.15) is 11.8 Å². The monoisotopic (exact) mass is 345 g/mol. The summed E-state index contributed by atoms with van der Waals surface area (Å²) in [6.07, 6.45) is 1.19. The number of para-hydroxylation sites is 1. The summed E-state index contributed by atoms with van der Waals surface area (Å²) in [5, 5.41) is 9.89. The number of hydrogen-bond donors (Lipinski definition) is 0. The smallest absolute Gasteiger partial charge is 0.236 e. The Hall–Kier alpha value is -2.19. The number of anilines is 1. The van der Waals surface area contributed by atoms with Crippen LogP contribution in [0.2, 0.25) is 5.02 Å². The molecule has 2 aromatic rings. The molecule has 1 fully saturated rings. The molecule has 2 atom stereocenters. The molecule has 3 rings (SSSR count). The fraction of sp³-hybridized carbons (Fsp3) is 0.444. The Morgan fingerprint density at radius 1 is 1.33 bits per heavy atom. The minimum atomic E-state index is 0.136. The molecule has 0 radical (unpaired) electrons. The number of piperidine rings is 1. The van der Waals surface area contributed by atoms with Gasteiger partial charge >= 0.3 is 0 Å². The summed E-state index contributed by atoms with van der Waals surface area (Å²) in [5.74, 6) is 2.63. The molecule has 5 nitrogen and oxygen atoms in total. The van der Waals surface area contributed by atoms with Crippen LogP contribution in [0.25, 0.3) is 0 Å². The molecule has 126 valence electrons. The highest BCUT2D eigenvalue weighted by Gasteiger charge is 2.27. The van der Waals surface area contributed by atoms with Crippen molar-refractivity contribution in [3.8, 4) is 11.8 Å². The Labute approximate surface area is 146 Å². The number of oxazole rings is 1. The molecular formula is C18H20ClN3O2. The average molecular weight is 346 g/mol. The van der Waals surface area contributed by atoms with Gasteiger partial charge in [0.25, 0.3) is 0 Å². The Balaban J connectivity index is 1.76. The van der Waals surface area contributed by atoms with Crippen molar-refractivity contribution >= 4 is 17.5 Å². The van der Waals surface area contributed by atoms with E-state index in [1.165, 1.54) is 6.42 Å². The second-order valence-corrected chi connectivity index (χ2v) is 6.85. The lowest BCUT2D eigenvalue weighted by molar-refractivity contribution is 0.261. The highest BCUT2D eigenvalue weighted by atomic mass is 35.5. The third kappa shape index (κ3) is 3.65. The van der Waals surface area contributed by atoms with Gasteiger partial charge in [-0.1, -0.05) is 37.6 Å². The number of ether oxygens (including phenoxy) is 1. The molecule has 1 aromatic heterocycles. The van der Waals surface area contributed by atoms with Gasteiger partial charge in [-0.25, -0.2) is 0 Å². The molecule has 1 aromatic carbocycles. The molecule has 1 aliphatic heterocycles. The van der Waals surface area contributed by atoms with Crippen LogP contribution in [0, 0.1) is 23.2 Å². The van der Waals surface area contributed by atoms with Crippen LogP contribution >= 0.6 is 11.6 Å². The maximum Gasteiger partial charge on any atom is 0.236 e. The van der Waals surface area contributed by atoms with Crippen LogP contribution in [0.4, 0.5) is 5.88 Å². The lowest BCUT2D eigenvalue weighted by Gasteiger charge is -2.34. The van der Waals surface area contributed by atoms with E-state index < -0.39 is 0 Å². The molecule has 1 aliphatic rings. The first-order valence-electron chi connectivity index (χ1n) is 8.09. The fourth-order valence-corrected chi connectivity index (χ4v) is 3.42. The minimum Gasteiger partial charge on any atom is -0.482 e. The number of benzene rings is 1. The number of hydrogen-bond acceptors (Lipinski definition) is 5. The van der Waals surface area contributed by atoms with Gasteiger partial charge in [-0.05, 0) is 30.4 Å². The highest BCUT2D eigenvalue weighted by Crippen LogP contribution is 2.30. The zero-order valence-electron chi connectivity index (χ0n) is 13.8. The zero-order chi connectivity index (χ0) is 17.1. The molecule has 0 N–H and O–H groups in total. The lowest BCUT2D eigenvalue weighted by atomic mass is 9.92. The third-order valence-corrected chi connectivity index (χ3v) is 4.42. The van der Waals surface area contributed by atoms with E-state index in [1.807, 2.05) is 12.1 Å². The SMILES string of the molecule is CC1CC(C)CN(c2oc(COc3ccccc3Cl)nc2C#N)C1. The van der Waals surface area contributed by atoms with Gasteiger partial charge in [0.2, 0.25) is 17.5 Å². The van der Waals surface area contributed by atoms with E-state index >= 15 is 0 Å². The zero-order valence-corrected chi connectivity index (χ0v) is 14.6. The second-order valence-electron chi connectivity index (χ2n) is 6.44. The van der Waals surface area contributed by atoms with Gasteiger partial charge < -0.3 is 14.1 Å².